The first kappa shape index (κ1) is 21.7. The highest BCUT2D eigenvalue weighted by molar-refractivity contribution is 5.95. The fourth-order valence-electron chi connectivity index (χ4n) is 7.54. The van der Waals surface area contributed by atoms with Gasteiger partial charge in [0.15, 0.2) is 0 Å². The van der Waals surface area contributed by atoms with Crippen molar-refractivity contribution in [3.63, 3.8) is 0 Å². The van der Waals surface area contributed by atoms with Crippen LogP contribution in [0.1, 0.15) is 80.9 Å². The van der Waals surface area contributed by atoms with Gasteiger partial charge < -0.3 is 24.8 Å². The molecule has 1 aromatic heterocycles. The Balaban J connectivity index is 1.25. The van der Waals surface area contributed by atoms with Gasteiger partial charge in [-0.3, -0.25) is 4.79 Å². The molecule has 2 aliphatic heterocycles. The van der Waals surface area contributed by atoms with E-state index in [1.807, 2.05) is 0 Å². The van der Waals surface area contributed by atoms with E-state index in [1.165, 1.54) is 0 Å². The summed E-state index contributed by atoms with van der Waals surface area (Å²) < 4.78 is 11.8. The van der Waals surface area contributed by atoms with Crippen molar-refractivity contribution in [2.24, 2.45) is 17.8 Å². The predicted octanol–water partition coefficient (Wildman–Crippen LogP) is 2.61. The Hall–Kier alpha value is -1.77. The molecule has 2 saturated heterocycles. The monoisotopic (exact) mass is 456 g/mol. The lowest BCUT2D eigenvalue weighted by atomic mass is 9.52. The number of nitrogens with one attached hydrogen (secondary N) is 1. The number of hydrogen-bond acceptors (Lipinski definition) is 7. The third-order valence-electron chi connectivity index (χ3n) is 8.53. The minimum atomic E-state index is -0.502. The molecule has 33 heavy (non-hydrogen) atoms. The highest BCUT2D eigenvalue weighted by Crippen LogP contribution is 2.55. The molecule has 7 rings (SSSR count). The van der Waals surface area contributed by atoms with E-state index in [9.17, 15) is 9.90 Å². The second kappa shape index (κ2) is 8.17. The summed E-state index contributed by atoms with van der Waals surface area (Å²) in [4.78, 5) is 25.2. The van der Waals surface area contributed by atoms with Gasteiger partial charge in [-0.25, -0.2) is 9.97 Å². The fourth-order valence-corrected chi connectivity index (χ4v) is 7.54. The van der Waals surface area contributed by atoms with Crippen LogP contribution in [0.25, 0.3) is 0 Å². The second-order valence-corrected chi connectivity index (χ2v) is 11.3. The zero-order chi connectivity index (χ0) is 22.7. The van der Waals surface area contributed by atoms with Gasteiger partial charge in [0.2, 0.25) is 5.95 Å². The van der Waals surface area contributed by atoms with Gasteiger partial charge in [-0.1, -0.05) is 0 Å². The van der Waals surface area contributed by atoms with Crippen LogP contribution in [0.3, 0.4) is 0 Å². The lowest BCUT2D eigenvalue weighted by Crippen LogP contribution is -2.61. The number of hydrogen-bond donors (Lipinski definition) is 2. The molecule has 0 spiro atoms. The first-order valence-electron chi connectivity index (χ1n) is 12.8. The topological polar surface area (TPSA) is 96.8 Å². The third-order valence-corrected chi connectivity index (χ3v) is 8.53. The summed E-state index contributed by atoms with van der Waals surface area (Å²) in [5.74, 6) is 1.90. The predicted molar refractivity (Wildman–Crippen MR) is 122 cm³/mol. The zero-order valence-electron chi connectivity index (χ0n) is 19.7. The Morgan fingerprint density at radius 1 is 1.18 bits per heavy atom. The molecule has 6 fully saturated rings. The molecule has 6 aliphatic rings. The molecule has 3 heterocycles. The molecule has 2 unspecified atom stereocenters. The first-order valence-corrected chi connectivity index (χ1v) is 12.8. The zero-order valence-corrected chi connectivity index (χ0v) is 19.7. The number of ether oxygens (including phenoxy) is 2. The van der Waals surface area contributed by atoms with Gasteiger partial charge in [-0.05, 0) is 76.5 Å². The Morgan fingerprint density at radius 2 is 1.91 bits per heavy atom. The molecule has 180 valence electrons. The van der Waals surface area contributed by atoms with E-state index < -0.39 is 5.60 Å². The van der Waals surface area contributed by atoms with Gasteiger partial charge in [0.05, 0.1) is 29.1 Å². The van der Waals surface area contributed by atoms with Crippen LogP contribution in [-0.4, -0.2) is 64.5 Å². The Labute approximate surface area is 195 Å². The average Bonchev–Trinajstić information content (AvgIpc) is 3.29. The first-order chi connectivity index (χ1) is 15.9. The van der Waals surface area contributed by atoms with Crippen molar-refractivity contribution in [2.75, 3.05) is 24.6 Å². The van der Waals surface area contributed by atoms with Crippen LogP contribution >= 0.6 is 0 Å². The fraction of sp³-hybridized carbons (Fsp3) is 0.800. The molecule has 8 nitrogen and oxygen atoms in total. The molecule has 0 radical (unpaired) electrons. The summed E-state index contributed by atoms with van der Waals surface area (Å²) in [7, 11) is 0. The average molecular weight is 457 g/mol. The van der Waals surface area contributed by atoms with E-state index in [2.05, 4.69) is 29.0 Å². The number of carbonyl (C=O) groups is 1. The third kappa shape index (κ3) is 4.04. The van der Waals surface area contributed by atoms with E-state index in [1.54, 1.807) is 6.20 Å². The molecular weight excluding hydrogens is 420 g/mol. The number of rotatable bonds is 4. The molecular formula is C25H36N4O4. The smallest absolute Gasteiger partial charge is 0.255 e. The van der Waals surface area contributed by atoms with Crippen molar-refractivity contribution in [3.05, 3.63) is 17.5 Å². The summed E-state index contributed by atoms with van der Waals surface area (Å²) in [6.45, 7) is 6.29. The maximum atomic E-state index is 13.5. The number of aromatic nitrogens is 2. The number of morpholine rings is 1. The standard InChI is InChI=1S/C25H36N4O4/c1-14-12-29(13-15(2)33-14)24-26-11-19(22(28-24)20-4-3-5-32-20)23(30)27-21-17-6-16-7-18(21)10-25(31,8-16)9-17/h11,14-18,20-21,31H,3-10,12-13H2,1-2H3,(H,27,30)/t14-,15+,16?,17?,18?,20-,21?,25?/m1/s1. The number of carbonyl (C=O) groups excluding carboxylic acids is 1. The van der Waals surface area contributed by atoms with Gasteiger partial charge in [0.1, 0.15) is 6.10 Å². The Kier molecular flexibility index (Phi) is 5.38. The molecule has 2 N–H and O–H groups in total. The van der Waals surface area contributed by atoms with Crippen LogP contribution in [0.15, 0.2) is 6.20 Å². The van der Waals surface area contributed by atoms with E-state index in [4.69, 9.17) is 14.5 Å². The summed E-state index contributed by atoms with van der Waals surface area (Å²) in [5.41, 5.74) is 0.745. The Bertz CT molecular complexity index is 894. The maximum Gasteiger partial charge on any atom is 0.255 e. The summed E-state index contributed by atoms with van der Waals surface area (Å²) >= 11 is 0. The van der Waals surface area contributed by atoms with Gasteiger partial charge in [0.25, 0.3) is 5.91 Å². The van der Waals surface area contributed by atoms with Crippen LogP contribution < -0.4 is 10.2 Å². The van der Waals surface area contributed by atoms with Crippen LogP contribution in [0.5, 0.6) is 0 Å². The molecule has 5 atom stereocenters. The number of aliphatic hydroxyl groups is 1. The van der Waals surface area contributed by atoms with Crippen molar-refractivity contribution in [2.45, 2.75) is 88.7 Å². The number of amides is 1. The molecule has 1 aromatic rings. The van der Waals surface area contributed by atoms with Crippen molar-refractivity contribution in [1.82, 2.24) is 15.3 Å². The highest BCUT2D eigenvalue weighted by Gasteiger charge is 2.55. The lowest BCUT2D eigenvalue weighted by molar-refractivity contribution is -0.136. The Morgan fingerprint density at radius 3 is 2.55 bits per heavy atom. The van der Waals surface area contributed by atoms with Crippen molar-refractivity contribution >= 4 is 11.9 Å². The van der Waals surface area contributed by atoms with Gasteiger partial charge in [0, 0.05) is 31.9 Å². The summed E-state index contributed by atoms with van der Waals surface area (Å²) in [5, 5.41) is 14.2. The number of anilines is 1. The molecule has 4 bridgehead atoms. The van der Waals surface area contributed by atoms with Crippen LogP contribution in [0.4, 0.5) is 5.95 Å². The highest BCUT2D eigenvalue weighted by atomic mass is 16.5. The largest absolute Gasteiger partial charge is 0.390 e. The van der Waals surface area contributed by atoms with E-state index in [0.29, 0.717) is 41.6 Å². The molecule has 0 aromatic carbocycles. The van der Waals surface area contributed by atoms with Crippen molar-refractivity contribution < 1.29 is 19.4 Å². The SMILES string of the molecule is C[C@@H]1CN(c2ncc(C(=O)NC3C4CC5CC3CC(O)(C5)C4)c([C@H]3CCCO3)n2)C[C@H](C)O1. The molecule has 4 aliphatic carbocycles. The quantitative estimate of drug-likeness (QED) is 0.719. The molecule has 8 heteroatoms. The minimum absolute atomic E-state index is 0.0970. The molecule has 4 saturated carbocycles. The summed E-state index contributed by atoms with van der Waals surface area (Å²) in [6.07, 6.45) is 8.40. The lowest BCUT2D eigenvalue weighted by Gasteiger charge is -2.58. The summed E-state index contributed by atoms with van der Waals surface area (Å²) in [6, 6.07) is 0.132. The van der Waals surface area contributed by atoms with E-state index in [0.717, 1.165) is 58.0 Å². The van der Waals surface area contributed by atoms with Gasteiger partial charge >= 0.3 is 0 Å². The normalized spacial score (nSPS) is 42.0. The van der Waals surface area contributed by atoms with E-state index in [-0.39, 0.29) is 30.3 Å². The van der Waals surface area contributed by atoms with Gasteiger partial charge in [-0.15, -0.1) is 0 Å². The van der Waals surface area contributed by atoms with Gasteiger partial charge in [-0.2, -0.15) is 0 Å². The number of nitrogens with zero attached hydrogens (tertiary/aromatic N) is 3. The van der Waals surface area contributed by atoms with Crippen molar-refractivity contribution in [1.29, 1.82) is 0 Å². The van der Waals surface area contributed by atoms with E-state index >= 15 is 0 Å². The van der Waals surface area contributed by atoms with Crippen LogP contribution in [0, 0.1) is 17.8 Å². The maximum absolute atomic E-state index is 13.5. The molecule has 1 amide bonds. The minimum Gasteiger partial charge on any atom is -0.390 e. The second-order valence-electron chi connectivity index (χ2n) is 11.3. The van der Waals surface area contributed by atoms with Crippen LogP contribution in [-0.2, 0) is 9.47 Å². The van der Waals surface area contributed by atoms with Crippen LogP contribution in [0.2, 0.25) is 0 Å². The van der Waals surface area contributed by atoms with Crippen molar-refractivity contribution in [3.8, 4) is 0 Å².